The van der Waals surface area contributed by atoms with Gasteiger partial charge in [-0.15, -0.1) is 11.3 Å². The van der Waals surface area contributed by atoms with E-state index in [1.54, 1.807) is 15.2 Å². The number of carbonyl (C=O) groups excluding carboxylic acids is 2. The zero-order valence-corrected chi connectivity index (χ0v) is 10.2. The number of aromatic nitrogens is 1. The van der Waals surface area contributed by atoms with Gasteiger partial charge in [0.15, 0.2) is 5.13 Å². The van der Waals surface area contributed by atoms with Crippen molar-refractivity contribution in [1.29, 1.82) is 0 Å². The van der Waals surface area contributed by atoms with Crippen LogP contribution in [0.5, 0.6) is 0 Å². The molecule has 17 heavy (non-hydrogen) atoms. The molecule has 0 atom stereocenters. The Labute approximate surface area is 103 Å². The summed E-state index contributed by atoms with van der Waals surface area (Å²) in [5.41, 5.74) is 6.22. The zero-order valence-electron chi connectivity index (χ0n) is 9.33. The first-order valence-corrected chi connectivity index (χ1v) is 6.24. The number of hydrogen-bond donors (Lipinski definition) is 1. The van der Waals surface area contributed by atoms with Gasteiger partial charge in [-0.2, -0.15) is 0 Å². The van der Waals surface area contributed by atoms with E-state index >= 15 is 0 Å². The molecule has 0 radical (unpaired) electrons. The van der Waals surface area contributed by atoms with Gasteiger partial charge in [-0.05, 0) is 0 Å². The second kappa shape index (κ2) is 5.13. The monoisotopic (exact) mass is 254 g/mol. The van der Waals surface area contributed by atoms with Crippen molar-refractivity contribution in [3.8, 4) is 0 Å². The van der Waals surface area contributed by atoms with E-state index in [2.05, 4.69) is 4.98 Å². The summed E-state index contributed by atoms with van der Waals surface area (Å²) >= 11 is 1.34. The number of anilines is 1. The number of carbonyl (C=O) groups is 2. The average molecular weight is 254 g/mol. The molecule has 1 saturated heterocycles. The fourth-order valence-electron chi connectivity index (χ4n) is 1.75. The number of nitrogens with zero attached hydrogens (tertiary/aromatic N) is 3. The van der Waals surface area contributed by atoms with E-state index < -0.39 is 0 Å². The predicted octanol–water partition coefficient (Wildman–Crippen LogP) is -0.432. The van der Waals surface area contributed by atoms with Gasteiger partial charge in [-0.1, -0.05) is 0 Å². The molecule has 1 aromatic rings. The first-order valence-electron chi connectivity index (χ1n) is 5.36. The Balaban J connectivity index is 1.87. The minimum absolute atomic E-state index is 0.0425. The molecule has 0 aliphatic carbocycles. The van der Waals surface area contributed by atoms with Gasteiger partial charge in [0.25, 0.3) is 0 Å². The third-order valence-corrected chi connectivity index (χ3v) is 3.44. The molecule has 0 saturated carbocycles. The molecule has 92 valence electrons. The van der Waals surface area contributed by atoms with E-state index in [4.69, 9.17) is 5.73 Å². The summed E-state index contributed by atoms with van der Waals surface area (Å²) < 4.78 is 0. The van der Waals surface area contributed by atoms with Gasteiger partial charge < -0.3 is 15.5 Å². The van der Waals surface area contributed by atoms with Crippen LogP contribution in [0.3, 0.4) is 0 Å². The van der Waals surface area contributed by atoms with E-state index in [1.165, 1.54) is 11.3 Å². The minimum atomic E-state index is 0.0425. The number of thiazole rings is 1. The van der Waals surface area contributed by atoms with E-state index in [0.717, 1.165) is 12.1 Å². The lowest BCUT2D eigenvalue weighted by Crippen LogP contribution is -2.48. The highest BCUT2D eigenvalue weighted by Gasteiger charge is 2.20. The lowest BCUT2D eigenvalue weighted by Gasteiger charge is -2.32. The fourth-order valence-corrected chi connectivity index (χ4v) is 2.31. The summed E-state index contributed by atoms with van der Waals surface area (Å²) in [7, 11) is 0. The Kier molecular flexibility index (Phi) is 3.58. The minimum Gasteiger partial charge on any atom is -0.375 e. The number of nitrogens with two attached hydrogens (primary N) is 1. The van der Waals surface area contributed by atoms with Gasteiger partial charge in [0, 0.05) is 31.6 Å². The highest BCUT2D eigenvalue weighted by atomic mass is 32.1. The van der Waals surface area contributed by atoms with Gasteiger partial charge in [0.05, 0.1) is 12.1 Å². The predicted molar refractivity (Wildman–Crippen MR) is 64.4 cm³/mol. The van der Waals surface area contributed by atoms with Crippen LogP contribution >= 0.6 is 11.3 Å². The average Bonchev–Trinajstić information content (AvgIpc) is 2.75. The Hall–Kier alpha value is -1.63. The number of rotatable bonds is 3. The number of nitrogen functional groups attached to an aromatic ring is 1. The molecule has 1 aliphatic heterocycles. The molecule has 6 nitrogen and oxygen atoms in total. The van der Waals surface area contributed by atoms with Gasteiger partial charge in [0.1, 0.15) is 0 Å². The van der Waals surface area contributed by atoms with Crippen molar-refractivity contribution in [3.63, 3.8) is 0 Å². The quantitative estimate of drug-likeness (QED) is 0.742. The van der Waals surface area contributed by atoms with E-state index in [-0.39, 0.29) is 12.3 Å². The zero-order chi connectivity index (χ0) is 12.3. The van der Waals surface area contributed by atoms with Gasteiger partial charge >= 0.3 is 0 Å². The summed E-state index contributed by atoms with van der Waals surface area (Å²) in [6, 6.07) is 0. The molecule has 0 aromatic carbocycles. The second-order valence-corrected chi connectivity index (χ2v) is 4.77. The third-order valence-electron chi connectivity index (χ3n) is 2.72. The molecule has 0 spiro atoms. The van der Waals surface area contributed by atoms with Crippen molar-refractivity contribution in [2.45, 2.75) is 6.42 Å². The molecule has 1 fully saturated rings. The lowest BCUT2D eigenvalue weighted by atomic mass is 10.2. The smallest absolute Gasteiger partial charge is 0.228 e. The first-order chi connectivity index (χ1) is 8.19. The van der Waals surface area contributed by atoms with Crippen molar-refractivity contribution in [1.82, 2.24) is 14.8 Å². The molecule has 0 unspecified atom stereocenters. The van der Waals surface area contributed by atoms with E-state index in [9.17, 15) is 9.59 Å². The van der Waals surface area contributed by atoms with Crippen LogP contribution in [0.25, 0.3) is 0 Å². The van der Waals surface area contributed by atoms with Crippen LogP contribution in [-0.4, -0.2) is 53.3 Å². The third kappa shape index (κ3) is 2.94. The topological polar surface area (TPSA) is 79.5 Å². The summed E-state index contributed by atoms with van der Waals surface area (Å²) in [5, 5.41) is 2.29. The van der Waals surface area contributed by atoms with Crippen molar-refractivity contribution in [2.75, 3.05) is 31.9 Å². The number of amides is 2. The second-order valence-electron chi connectivity index (χ2n) is 3.88. The molecular weight excluding hydrogens is 240 g/mol. The van der Waals surface area contributed by atoms with Crippen molar-refractivity contribution >= 4 is 28.8 Å². The van der Waals surface area contributed by atoms with Crippen LogP contribution in [-0.2, 0) is 16.0 Å². The fraction of sp³-hybridized carbons (Fsp3) is 0.500. The largest absolute Gasteiger partial charge is 0.375 e. The lowest BCUT2D eigenvalue weighted by molar-refractivity contribution is -0.134. The molecule has 0 bridgehead atoms. The van der Waals surface area contributed by atoms with Crippen LogP contribution in [0, 0.1) is 0 Å². The molecular formula is C10H14N4O2S. The first kappa shape index (κ1) is 11.8. The molecule has 2 N–H and O–H groups in total. The maximum atomic E-state index is 11.9. The molecule has 1 aromatic heterocycles. The number of hydrogen-bond acceptors (Lipinski definition) is 5. The molecule has 2 heterocycles. The van der Waals surface area contributed by atoms with Crippen molar-refractivity contribution in [3.05, 3.63) is 11.1 Å². The Bertz CT molecular complexity index is 412. The van der Waals surface area contributed by atoms with Gasteiger partial charge in [-0.25, -0.2) is 4.98 Å². The van der Waals surface area contributed by atoms with Crippen LogP contribution < -0.4 is 5.73 Å². The molecule has 2 rings (SSSR count). The van der Waals surface area contributed by atoms with Crippen LogP contribution in [0.1, 0.15) is 5.69 Å². The Morgan fingerprint density at radius 1 is 1.47 bits per heavy atom. The summed E-state index contributed by atoms with van der Waals surface area (Å²) in [6.07, 6.45) is 1.11. The van der Waals surface area contributed by atoms with Gasteiger partial charge in [0.2, 0.25) is 12.3 Å². The molecule has 2 amide bonds. The summed E-state index contributed by atoms with van der Waals surface area (Å²) in [6.45, 7) is 2.40. The van der Waals surface area contributed by atoms with Crippen molar-refractivity contribution in [2.24, 2.45) is 0 Å². The highest BCUT2D eigenvalue weighted by molar-refractivity contribution is 7.13. The van der Waals surface area contributed by atoms with E-state index in [1.807, 2.05) is 0 Å². The van der Waals surface area contributed by atoms with E-state index in [0.29, 0.717) is 31.3 Å². The number of piperazine rings is 1. The maximum absolute atomic E-state index is 11.9. The van der Waals surface area contributed by atoms with Crippen LogP contribution in [0.4, 0.5) is 5.13 Å². The highest BCUT2D eigenvalue weighted by Crippen LogP contribution is 2.12. The normalized spacial score (nSPS) is 16.0. The van der Waals surface area contributed by atoms with Crippen molar-refractivity contribution < 1.29 is 9.59 Å². The molecule has 1 aliphatic rings. The summed E-state index contributed by atoms with van der Waals surface area (Å²) in [4.78, 5) is 29.9. The van der Waals surface area contributed by atoms with Gasteiger partial charge in [-0.3, -0.25) is 9.59 Å². The molecule has 7 heteroatoms. The maximum Gasteiger partial charge on any atom is 0.228 e. The summed E-state index contributed by atoms with van der Waals surface area (Å²) in [5.74, 6) is 0.0425. The van der Waals surface area contributed by atoms with Crippen LogP contribution in [0.15, 0.2) is 5.38 Å². The Morgan fingerprint density at radius 2 is 2.18 bits per heavy atom. The Morgan fingerprint density at radius 3 is 2.71 bits per heavy atom. The standard InChI is InChI=1S/C10H14N4O2S/c11-10-12-8(6-17-10)5-9(16)14-3-1-13(7-15)2-4-14/h6-7H,1-5H2,(H2,11,12). The SMILES string of the molecule is Nc1nc(CC(=O)N2CCN(C=O)CC2)cs1. The van der Waals surface area contributed by atoms with Crippen LogP contribution in [0.2, 0.25) is 0 Å².